The van der Waals surface area contributed by atoms with Crippen molar-refractivity contribution in [3.8, 4) is 0 Å². The quantitative estimate of drug-likeness (QED) is 0.621. The van der Waals surface area contributed by atoms with Crippen LogP contribution in [0, 0.1) is 6.92 Å². The molecule has 0 aliphatic heterocycles. The molecular weight excluding hydrogens is 148 g/mol. The molecule has 12 heavy (non-hydrogen) atoms. The van der Waals surface area contributed by atoms with Gasteiger partial charge in [0.25, 0.3) is 0 Å². The largest absolute Gasteiger partial charge is 0.303 e. The Kier molecular flexibility index (Phi) is 3.27. The van der Waals surface area contributed by atoms with Gasteiger partial charge in [0, 0.05) is 6.42 Å². The van der Waals surface area contributed by atoms with Crippen molar-refractivity contribution in [2.45, 2.75) is 13.3 Å². The van der Waals surface area contributed by atoms with Crippen LogP contribution in [0.3, 0.4) is 0 Å². The molecule has 0 unspecified atom stereocenters. The normalized spacial score (nSPS) is 10.4. The molecule has 0 saturated heterocycles. The van der Waals surface area contributed by atoms with Gasteiger partial charge < -0.3 is 4.79 Å². The average Bonchev–Trinajstić information content (AvgIpc) is 2.05. The van der Waals surface area contributed by atoms with Gasteiger partial charge in [-0.2, -0.15) is 0 Å². The van der Waals surface area contributed by atoms with E-state index in [2.05, 4.69) is 19.1 Å². The van der Waals surface area contributed by atoms with E-state index < -0.39 is 0 Å². The average molecular weight is 160 g/mol. The summed E-state index contributed by atoms with van der Waals surface area (Å²) >= 11 is 0. The van der Waals surface area contributed by atoms with Crippen LogP contribution in [0.25, 0.3) is 6.08 Å². The van der Waals surface area contributed by atoms with Crippen molar-refractivity contribution in [3.05, 3.63) is 41.5 Å². The maximum Gasteiger partial charge on any atom is 0.123 e. The fourth-order valence-corrected chi connectivity index (χ4v) is 1.03. The maximum atomic E-state index is 10.0. The van der Waals surface area contributed by atoms with E-state index in [-0.39, 0.29) is 0 Å². The van der Waals surface area contributed by atoms with Crippen LogP contribution >= 0.6 is 0 Å². The van der Waals surface area contributed by atoms with Crippen molar-refractivity contribution in [1.82, 2.24) is 0 Å². The topological polar surface area (TPSA) is 17.1 Å². The summed E-state index contributed by atoms with van der Waals surface area (Å²) in [5.41, 5.74) is 2.39. The van der Waals surface area contributed by atoms with Crippen molar-refractivity contribution < 1.29 is 4.79 Å². The number of rotatable bonds is 3. The van der Waals surface area contributed by atoms with Crippen LogP contribution in [0.5, 0.6) is 0 Å². The molecule has 0 atom stereocenters. The van der Waals surface area contributed by atoms with E-state index in [0.29, 0.717) is 6.42 Å². The molecule has 1 rings (SSSR count). The second-order valence-electron chi connectivity index (χ2n) is 2.72. The first-order valence-electron chi connectivity index (χ1n) is 4.00. The molecule has 0 spiro atoms. The van der Waals surface area contributed by atoms with E-state index in [9.17, 15) is 4.79 Å². The Morgan fingerprint density at radius 3 is 2.92 bits per heavy atom. The van der Waals surface area contributed by atoms with Gasteiger partial charge in [-0.25, -0.2) is 0 Å². The summed E-state index contributed by atoms with van der Waals surface area (Å²) in [5.74, 6) is 0. The lowest BCUT2D eigenvalue weighted by atomic mass is 10.1. The molecular formula is C11H12O. The van der Waals surface area contributed by atoms with Crippen LogP contribution in [0.2, 0.25) is 0 Å². The van der Waals surface area contributed by atoms with Crippen LogP contribution in [0.15, 0.2) is 30.3 Å². The summed E-state index contributed by atoms with van der Waals surface area (Å²) in [4.78, 5) is 10.0. The predicted molar refractivity (Wildman–Crippen MR) is 50.9 cm³/mol. The number of benzene rings is 1. The van der Waals surface area contributed by atoms with Gasteiger partial charge in [-0.1, -0.05) is 42.0 Å². The Morgan fingerprint density at radius 2 is 2.25 bits per heavy atom. The minimum Gasteiger partial charge on any atom is -0.303 e. The Balaban J connectivity index is 2.69. The Bertz CT molecular complexity index is 287. The van der Waals surface area contributed by atoms with E-state index in [4.69, 9.17) is 0 Å². The summed E-state index contributed by atoms with van der Waals surface area (Å²) in [7, 11) is 0. The highest BCUT2D eigenvalue weighted by Crippen LogP contribution is 2.05. The molecule has 0 saturated carbocycles. The smallest absolute Gasteiger partial charge is 0.123 e. The van der Waals surface area contributed by atoms with Crippen molar-refractivity contribution >= 4 is 12.4 Å². The Hall–Kier alpha value is -1.37. The van der Waals surface area contributed by atoms with Gasteiger partial charge in [-0.3, -0.25) is 0 Å². The summed E-state index contributed by atoms with van der Waals surface area (Å²) in [6.07, 6.45) is 5.21. The lowest BCUT2D eigenvalue weighted by molar-refractivity contribution is -0.107. The molecule has 0 heterocycles. The molecule has 0 aliphatic rings. The maximum absolute atomic E-state index is 10.0. The molecule has 0 amide bonds. The number of hydrogen-bond donors (Lipinski definition) is 0. The summed E-state index contributed by atoms with van der Waals surface area (Å²) in [6, 6.07) is 8.17. The standard InChI is InChI=1S/C11H12O/c1-10-5-4-7-11(9-10)6-2-3-8-12/h2,4-9H,3H2,1H3. The molecule has 0 fully saturated rings. The van der Waals surface area contributed by atoms with Gasteiger partial charge in [0.05, 0.1) is 0 Å². The zero-order chi connectivity index (χ0) is 8.81. The number of hydrogen-bond acceptors (Lipinski definition) is 1. The predicted octanol–water partition coefficient (Wildman–Crippen LogP) is 2.60. The van der Waals surface area contributed by atoms with E-state index in [1.807, 2.05) is 24.3 Å². The van der Waals surface area contributed by atoms with Crippen LogP contribution in [-0.4, -0.2) is 6.29 Å². The minimum absolute atomic E-state index is 0.494. The monoisotopic (exact) mass is 160 g/mol. The number of aldehydes is 1. The molecule has 62 valence electrons. The van der Waals surface area contributed by atoms with Crippen molar-refractivity contribution in [2.24, 2.45) is 0 Å². The van der Waals surface area contributed by atoms with Gasteiger partial charge in [0.2, 0.25) is 0 Å². The van der Waals surface area contributed by atoms with Crippen molar-refractivity contribution in [1.29, 1.82) is 0 Å². The highest BCUT2D eigenvalue weighted by molar-refractivity contribution is 5.58. The number of allylic oxidation sites excluding steroid dienone is 1. The first-order valence-corrected chi connectivity index (χ1v) is 4.00. The third kappa shape index (κ3) is 2.70. The first-order chi connectivity index (χ1) is 5.83. The molecule has 1 heteroatoms. The SMILES string of the molecule is Cc1cccc(C=CCC=O)c1. The highest BCUT2D eigenvalue weighted by Gasteiger charge is 1.85. The van der Waals surface area contributed by atoms with Gasteiger partial charge in [0.15, 0.2) is 0 Å². The van der Waals surface area contributed by atoms with E-state index in [1.165, 1.54) is 5.56 Å². The second kappa shape index (κ2) is 4.50. The number of carbonyl (C=O) groups excluding carboxylic acids is 1. The van der Waals surface area contributed by atoms with Crippen LogP contribution in [0.4, 0.5) is 0 Å². The molecule has 0 aromatic heterocycles. The van der Waals surface area contributed by atoms with Crippen molar-refractivity contribution in [3.63, 3.8) is 0 Å². The lowest BCUT2D eigenvalue weighted by Crippen LogP contribution is -1.74. The van der Waals surface area contributed by atoms with Crippen LogP contribution in [-0.2, 0) is 4.79 Å². The molecule has 1 aromatic carbocycles. The van der Waals surface area contributed by atoms with Crippen molar-refractivity contribution in [2.75, 3.05) is 0 Å². The highest BCUT2D eigenvalue weighted by atomic mass is 16.1. The van der Waals surface area contributed by atoms with E-state index >= 15 is 0 Å². The molecule has 0 N–H and O–H groups in total. The lowest BCUT2D eigenvalue weighted by Gasteiger charge is -1.93. The van der Waals surface area contributed by atoms with E-state index in [0.717, 1.165) is 11.8 Å². The number of aryl methyl sites for hydroxylation is 1. The zero-order valence-electron chi connectivity index (χ0n) is 7.16. The fraction of sp³-hybridized carbons (Fsp3) is 0.182. The molecule has 0 aliphatic carbocycles. The van der Waals surface area contributed by atoms with Gasteiger partial charge >= 0.3 is 0 Å². The van der Waals surface area contributed by atoms with Gasteiger partial charge in [0.1, 0.15) is 6.29 Å². The van der Waals surface area contributed by atoms with Gasteiger partial charge in [-0.15, -0.1) is 0 Å². The Labute approximate surface area is 72.7 Å². The van der Waals surface area contributed by atoms with Crippen LogP contribution < -0.4 is 0 Å². The van der Waals surface area contributed by atoms with E-state index in [1.54, 1.807) is 0 Å². The zero-order valence-corrected chi connectivity index (χ0v) is 7.16. The number of carbonyl (C=O) groups is 1. The Morgan fingerprint density at radius 1 is 1.42 bits per heavy atom. The summed E-state index contributed by atoms with van der Waals surface area (Å²) in [6.45, 7) is 2.05. The third-order valence-corrected chi connectivity index (χ3v) is 1.58. The molecule has 1 nitrogen and oxygen atoms in total. The van der Waals surface area contributed by atoms with Crippen LogP contribution in [0.1, 0.15) is 17.5 Å². The minimum atomic E-state index is 0.494. The molecule has 1 aromatic rings. The summed E-state index contributed by atoms with van der Waals surface area (Å²) < 4.78 is 0. The molecule has 0 radical (unpaired) electrons. The fourth-order valence-electron chi connectivity index (χ4n) is 1.03. The second-order valence-corrected chi connectivity index (χ2v) is 2.72. The first kappa shape index (κ1) is 8.72. The third-order valence-electron chi connectivity index (χ3n) is 1.58. The summed E-state index contributed by atoms with van der Waals surface area (Å²) in [5, 5.41) is 0. The molecule has 0 bridgehead atoms. The van der Waals surface area contributed by atoms with Gasteiger partial charge in [-0.05, 0) is 12.5 Å².